The van der Waals surface area contributed by atoms with E-state index in [2.05, 4.69) is 15.3 Å². The van der Waals surface area contributed by atoms with E-state index in [0.717, 1.165) is 22.0 Å². The van der Waals surface area contributed by atoms with Crippen LogP contribution >= 0.6 is 11.8 Å². The first kappa shape index (κ1) is 17.2. The first-order valence-electron chi connectivity index (χ1n) is 8.16. The molecule has 4 nitrogen and oxygen atoms in total. The molecule has 5 heteroatoms. The van der Waals surface area contributed by atoms with Crippen LogP contribution in [0.3, 0.4) is 0 Å². The number of thioether (sulfide) groups is 1. The zero-order chi connectivity index (χ0) is 17.5. The molecule has 3 aromatic rings. The van der Waals surface area contributed by atoms with Crippen LogP contribution in [0.4, 0.5) is 5.69 Å². The zero-order valence-electron chi connectivity index (χ0n) is 13.9. The number of nitrogens with one attached hydrogen (secondary N) is 1. The summed E-state index contributed by atoms with van der Waals surface area (Å²) >= 11 is 1.46. The number of carbonyl (C=O) groups excluding carboxylic acids is 1. The topological polar surface area (TPSA) is 54.9 Å². The molecule has 0 radical (unpaired) electrons. The van der Waals surface area contributed by atoms with Crippen LogP contribution in [0.1, 0.15) is 13.3 Å². The van der Waals surface area contributed by atoms with Crippen LogP contribution in [0.2, 0.25) is 0 Å². The Labute approximate surface area is 151 Å². The van der Waals surface area contributed by atoms with E-state index in [1.807, 2.05) is 73.7 Å². The van der Waals surface area contributed by atoms with Crippen LogP contribution in [0.15, 0.2) is 78.1 Å². The molecule has 1 atom stereocenters. The van der Waals surface area contributed by atoms with Gasteiger partial charge in [0.1, 0.15) is 11.4 Å². The molecule has 126 valence electrons. The average molecular weight is 349 g/mol. The van der Waals surface area contributed by atoms with E-state index in [1.54, 1.807) is 6.33 Å². The van der Waals surface area contributed by atoms with Gasteiger partial charge in [0.25, 0.3) is 0 Å². The minimum Gasteiger partial charge on any atom is -0.325 e. The standard InChI is InChI=1S/C20H19N3OS/c1-2-18(20(24)23-16-11-7-4-8-12-16)25-19-13-17(21-14-22-19)15-9-5-3-6-10-15/h3-14,18H,2H2,1H3,(H,23,24). The van der Waals surface area contributed by atoms with E-state index in [9.17, 15) is 4.79 Å². The second-order valence-corrected chi connectivity index (χ2v) is 6.70. The summed E-state index contributed by atoms with van der Waals surface area (Å²) in [5, 5.41) is 3.54. The molecule has 25 heavy (non-hydrogen) atoms. The van der Waals surface area contributed by atoms with Crippen molar-refractivity contribution in [1.82, 2.24) is 9.97 Å². The summed E-state index contributed by atoms with van der Waals surface area (Å²) in [6, 6.07) is 21.4. The first-order valence-corrected chi connectivity index (χ1v) is 9.04. The van der Waals surface area contributed by atoms with Gasteiger partial charge in [-0.25, -0.2) is 9.97 Å². The summed E-state index contributed by atoms with van der Waals surface area (Å²) in [6.45, 7) is 2.00. The van der Waals surface area contributed by atoms with Crippen LogP contribution in [0.25, 0.3) is 11.3 Å². The van der Waals surface area contributed by atoms with E-state index in [4.69, 9.17) is 0 Å². The van der Waals surface area contributed by atoms with Gasteiger partial charge >= 0.3 is 0 Å². The minimum absolute atomic E-state index is 0.0152. The van der Waals surface area contributed by atoms with Crippen LogP contribution in [-0.2, 0) is 4.79 Å². The number of benzene rings is 2. The maximum absolute atomic E-state index is 12.5. The second kappa shape index (κ2) is 8.44. The Morgan fingerprint density at radius 1 is 1.04 bits per heavy atom. The fourth-order valence-electron chi connectivity index (χ4n) is 2.38. The van der Waals surface area contributed by atoms with Gasteiger partial charge in [-0.15, -0.1) is 0 Å². The van der Waals surface area contributed by atoms with E-state index < -0.39 is 0 Å². The molecular weight excluding hydrogens is 330 g/mol. The molecule has 0 saturated carbocycles. The summed E-state index contributed by atoms with van der Waals surface area (Å²) in [5.74, 6) is -0.0152. The van der Waals surface area contributed by atoms with Crippen LogP contribution in [0.5, 0.6) is 0 Å². The number of para-hydroxylation sites is 1. The lowest BCUT2D eigenvalue weighted by atomic mass is 10.1. The zero-order valence-corrected chi connectivity index (χ0v) is 14.7. The lowest BCUT2D eigenvalue weighted by Crippen LogP contribution is -2.24. The highest BCUT2D eigenvalue weighted by atomic mass is 32.2. The van der Waals surface area contributed by atoms with Gasteiger partial charge in [-0.1, -0.05) is 67.2 Å². The Kier molecular flexibility index (Phi) is 5.80. The van der Waals surface area contributed by atoms with Crippen molar-refractivity contribution in [3.05, 3.63) is 73.1 Å². The number of rotatable bonds is 6. The Morgan fingerprint density at radius 3 is 2.40 bits per heavy atom. The molecule has 0 aliphatic rings. The van der Waals surface area contributed by atoms with E-state index in [1.165, 1.54) is 11.8 Å². The molecule has 0 fully saturated rings. The van der Waals surface area contributed by atoms with E-state index in [0.29, 0.717) is 6.42 Å². The summed E-state index contributed by atoms with van der Waals surface area (Å²) in [7, 11) is 0. The van der Waals surface area contributed by atoms with Crippen molar-refractivity contribution in [2.45, 2.75) is 23.6 Å². The normalized spacial score (nSPS) is 11.7. The molecule has 1 heterocycles. The van der Waals surface area contributed by atoms with Crippen molar-refractivity contribution in [1.29, 1.82) is 0 Å². The number of carbonyl (C=O) groups is 1. The van der Waals surface area contributed by atoms with Crippen LogP contribution in [0, 0.1) is 0 Å². The molecule has 0 bridgehead atoms. The van der Waals surface area contributed by atoms with Gasteiger partial charge in [-0.3, -0.25) is 4.79 Å². The fourth-order valence-corrected chi connectivity index (χ4v) is 3.29. The molecule has 3 rings (SSSR count). The molecule has 0 aliphatic heterocycles. The van der Waals surface area contributed by atoms with Crippen LogP contribution in [-0.4, -0.2) is 21.1 Å². The highest BCUT2D eigenvalue weighted by Crippen LogP contribution is 2.27. The molecule has 1 unspecified atom stereocenters. The van der Waals surface area contributed by atoms with Crippen molar-refractivity contribution in [2.24, 2.45) is 0 Å². The summed E-state index contributed by atoms with van der Waals surface area (Å²) in [4.78, 5) is 21.2. The largest absolute Gasteiger partial charge is 0.325 e. The van der Waals surface area contributed by atoms with Gasteiger partial charge in [0.05, 0.1) is 10.9 Å². The average Bonchev–Trinajstić information content (AvgIpc) is 2.68. The second-order valence-electron chi connectivity index (χ2n) is 5.48. The minimum atomic E-state index is -0.210. The highest BCUT2D eigenvalue weighted by molar-refractivity contribution is 8.00. The molecule has 0 saturated heterocycles. The van der Waals surface area contributed by atoms with Crippen molar-refractivity contribution < 1.29 is 4.79 Å². The van der Waals surface area contributed by atoms with Crippen molar-refractivity contribution in [3.63, 3.8) is 0 Å². The molecule has 0 spiro atoms. The number of nitrogens with zero attached hydrogens (tertiary/aromatic N) is 2. The third-order valence-electron chi connectivity index (χ3n) is 3.68. The highest BCUT2D eigenvalue weighted by Gasteiger charge is 2.19. The van der Waals surface area contributed by atoms with E-state index in [-0.39, 0.29) is 11.2 Å². The van der Waals surface area contributed by atoms with Gasteiger partial charge in [0.2, 0.25) is 5.91 Å². The first-order chi connectivity index (χ1) is 12.3. The lowest BCUT2D eigenvalue weighted by molar-refractivity contribution is -0.115. The number of hydrogen-bond acceptors (Lipinski definition) is 4. The summed E-state index contributed by atoms with van der Waals surface area (Å²) < 4.78 is 0. The van der Waals surface area contributed by atoms with Crippen molar-refractivity contribution in [2.75, 3.05) is 5.32 Å². The van der Waals surface area contributed by atoms with Crippen LogP contribution < -0.4 is 5.32 Å². The van der Waals surface area contributed by atoms with Gasteiger partial charge < -0.3 is 5.32 Å². The Hall–Kier alpha value is -2.66. The van der Waals surface area contributed by atoms with E-state index >= 15 is 0 Å². The van der Waals surface area contributed by atoms with Gasteiger partial charge in [0, 0.05) is 11.3 Å². The van der Waals surface area contributed by atoms with Gasteiger partial charge in [-0.05, 0) is 24.6 Å². The quantitative estimate of drug-likeness (QED) is 0.520. The Bertz CT molecular complexity index is 825. The van der Waals surface area contributed by atoms with Gasteiger partial charge in [0.15, 0.2) is 0 Å². The summed E-state index contributed by atoms with van der Waals surface area (Å²) in [5.41, 5.74) is 2.70. The van der Waals surface area contributed by atoms with Gasteiger partial charge in [-0.2, -0.15) is 0 Å². The fraction of sp³-hybridized carbons (Fsp3) is 0.150. The van der Waals surface area contributed by atoms with Crippen molar-refractivity contribution in [3.8, 4) is 11.3 Å². The molecule has 1 amide bonds. The maximum Gasteiger partial charge on any atom is 0.237 e. The predicted octanol–water partition coefficient (Wildman–Crippen LogP) is 4.65. The third-order valence-corrected chi connectivity index (χ3v) is 4.98. The smallest absolute Gasteiger partial charge is 0.237 e. The number of hydrogen-bond donors (Lipinski definition) is 1. The molecular formula is C20H19N3OS. The molecule has 1 N–H and O–H groups in total. The molecule has 0 aliphatic carbocycles. The molecule has 1 aromatic heterocycles. The number of anilines is 1. The maximum atomic E-state index is 12.5. The predicted molar refractivity (Wildman–Crippen MR) is 102 cm³/mol. The third kappa shape index (κ3) is 4.67. The summed E-state index contributed by atoms with van der Waals surface area (Å²) in [6.07, 6.45) is 2.26. The lowest BCUT2D eigenvalue weighted by Gasteiger charge is -2.14. The Balaban J connectivity index is 1.72. The SMILES string of the molecule is CCC(Sc1cc(-c2ccccc2)ncn1)C(=O)Nc1ccccc1. The Morgan fingerprint density at radius 2 is 1.72 bits per heavy atom. The number of amides is 1. The number of aromatic nitrogens is 2. The molecule has 2 aromatic carbocycles. The monoisotopic (exact) mass is 349 g/mol. The van der Waals surface area contributed by atoms with Crippen molar-refractivity contribution >= 4 is 23.4 Å².